The Morgan fingerprint density at radius 3 is 2.35 bits per heavy atom. The van der Waals surface area contributed by atoms with Crippen molar-refractivity contribution in [1.82, 2.24) is 4.90 Å². The van der Waals surface area contributed by atoms with Crippen LogP contribution in [0.5, 0.6) is 0 Å². The van der Waals surface area contributed by atoms with E-state index in [2.05, 4.69) is 0 Å². The van der Waals surface area contributed by atoms with Crippen molar-refractivity contribution in [3.63, 3.8) is 0 Å². The number of nitrogens with zero attached hydrogens (tertiary/aromatic N) is 1. The van der Waals surface area contributed by atoms with Crippen LogP contribution in [-0.2, 0) is 9.59 Å². The average molecular weight is 296 g/mol. The van der Waals surface area contributed by atoms with Gasteiger partial charge in [-0.05, 0) is 12.3 Å². The Labute approximate surface area is 114 Å². The Bertz CT molecular complexity index is 400. The highest BCUT2D eigenvalue weighted by molar-refractivity contribution is 5.84. The standard InChI is InChI=1S/C12H19F3N2O3/c1-3-7(2)8(16)9(18)17-5-4-11(6-17,10(19)20)12(13,14)15/h7-8H,3-6,16H2,1-2H3,(H,19,20). The van der Waals surface area contributed by atoms with Gasteiger partial charge in [0.15, 0.2) is 5.41 Å². The second-order valence-corrected chi connectivity index (χ2v) is 5.31. The Hall–Kier alpha value is -1.31. The quantitative estimate of drug-likeness (QED) is 0.817. The lowest BCUT2D eigenvalue weighted by Crippen LogP contribution is -2.51. The summed E-state index contributed by atoms with van der Waals surface area (Å²) in [5.74, 6) is -2.74. The number of halogens is 3. The summed E-state index contributed by atoms with van der Waals surface area (Å²) in [7, 11) is 0. The number of carbonyl (C=O) groups excluding carboxylic acids is 1. The largest absolute Gasteiger partial charge is 0.481 e. The molecular weight excluding hydrogens is 277 g/mol. The molecule has 0 aliphatic carbocycles. The topological polar surface area (TPSA) is 83.6 Å². The first kappa shape index (κ1) is 16.7. The van der Waals surface area contributed by atoms with Gasteiger partial charge >= 0.3 is 12.1 Å². The van der Waals surface area contributed by atoms with Gasteiger partial charge in [0.2, 0.25) is 5.91 Å². The van der Waals surface area contributed by atoms with Crippen LogP contribution in [0.15, 0.2) is 0 Å². The monoisotopic (exact) mass is 296 g/mol. The lowest BCUT2D eigenvalue weighted by Gasteiger charge is -2.28. The number of amides is 1. The molecule has 1 aliphatic rings. The molecule has 1 rings (SSSR count). The average Bonchev–Trinajstić information content (AvgIpc) is 2.81. The number of carbonyl (C=O) groups is 2. The maximum atomic E-state index is 13.0. The molecule has 1 heterocycles. The molecule has 116 valence electrons. The van der Waals surface area contributed by atoms with Gasteiger partial charge in [-0.3, -0.25) is 9.59 Å². The summed E-state index contributed by atoms with van der Waals surface area (Å²) in [6.07, 6.45) is -4.91. The van der Waals surface area contributed by atoms with Gasteiger partial charge in [0.25, 0.3) is 0 Å². The van der Waals surface area contributed by atoms with Gasteiger partial charge in [0.1, 0.15) is 0 Å². The number of rotatable bonds is 4. The SMILES string of the molecule is CCC(C)C(N)C(=O)N1CCC(C(=O)O)(C(F)(F)F)C1. The number of hydrogen-bond donors (Lipinski definition) is 2. The minimum atomic E-state index is -4.89. The molecule has 0 spiro atoms. The summed E-state index contributed by atoms with van der Waals surface area (Å²) in [6, 6.07) is -0.905. The lowest BCUT2D eigenvalue weighted by molar-refractivity contribution is -0.227. The van der Waals surface area contributed by atoms with Crippen LogP contribution in [0.3, 0.4) is 0 Å². The van der Waals surface area contributed by atoms with Crippen molar-refractivity contribution in [2.24, 2.45) is 17.1 Å². The van der Waals surface area contributed by atoms with Crippen LogP contribution in [0.25, 0.3) is 0 Å². The highest BCUT2D eigenvalue weighted by Gasteiger charge is 2.64. The lowest BCUT2D eigenvalue weighted by atomic mass is 9.86. The first-order valence-electron chi connectivity index (χ1n) is 6.41. The van der Waals surface area contributed by atoms with Crippen LogP contribution in [0.2, 0.25) is 0 Å². The number of likely N-dealkylation sites (tertiary alicyclic amines) is 1. The first-order valence-corrected chi connectivity index (χ1v) is 6.41. The van der Waals surface area contributed by atoms with E-state index in [1.807, 2.05) is 6.92 Å². The molecule has 0 radical (unpaired) electrons. The van der Waals surface area contributed by atoms with Gasteiger partial charge < -0.3 is 15.7 Å². The van der Waals surface area contributed by atoms with E-state index in [0.717, 1.165) is 4.90 Å². The third-order valence-electron chi connectivity index (χ3n) is 4.08. The van der Waals surface area contributed by atoms with Crippen molar-refractivity contribution in [2.45, 2.75) is 38.9 Å². The summed E-state index contributed by atoms with van der Waals surface area (Å²) in [5.41, 5.74) is 2.83. The molecule has 0 aromatic rings. The molecule has 1 amide bonds. The Morgan fingerprint density at radius 2 is 2.00 bits per heavy atom. The Morgan fingerprint density at radius 1 is 1.45 bits per heavy atom. The molecule has 8 heteroatoms. The molecule has 0 saturated carbocycles. The van der Waals surface area contributed by atoms with Gasteiger partial charge in [-0.15, -0.1) is 0 Å². The zero-order valence-corrected chi connectivity index (χ0v) is 11.4. The van der Waals surface area contributed by atoms with Crippen molar-refractivity contribution in [2.75, 3.05) is 13.1 Å². The molecule has 1 fully saturated rings. The second kappa shape index (κ2) is 5.59. The molecule has 1 aliphatic heterocycles. The van der Waals surface area contributed by atoms with Crippen LogP contribution in [0.1, 0.15) is 26.7 Å². The molecule has 0 bridgehead atoms. The number of carboxylic acids is 1. The Kier molecular flexibility index (Phi) is 4.68. The minimum absolute atomic E-state index is 0.173. The summed E-state index contributed by atoms with van der Waals surface area (Å²) >= 11 is 0. The molecule has 3 atom stereocenters. The molecule has 20 heavy (non-hydrogen) atoms. The van der Waals surface area contributed by atoms with Gasteiger partial charge in [0.05, 0.1) is 6.04 Å². The number of aliphatic carboxylic acids is 1. The van der Waals surface area contributed by atoms with Crippen LogP contribution in [0.4, 0.5) is 13.2 Å². The van der Waals surface area contributed by atoms with E-state index in [4.69, 9.17) is 10.8 Å². The zero-order chi connectivity index (χ0) is 15.7. The second-order valence-electron chi connectivity index (χ2n) is 5.31. The fourth-order valence-corrected chi connectivity index (χ4v) is 2.23. The van der Waals surface area contributed by atoms with Crippen LogP contribution >= 0.6 is 0 Å². The molecule has 5 nitrogen and oxygen atoms in total. The van der Waals surface area contributed by atoms with Gasteiger partial charge in [0, 0.05) is 13.1 Å². The summed E-state index contributed by atoms with van der Waals surface area (Å²) < 4.78 is 38.9. The number of carboxylic acid groups (broad SMARTS) is 1. The van der Waals surface area contributed by atoms with Crippen molar-refractivity contribution in [1.29, 1.82) is 0 Å². The summed E-state index contributed by atoms with van der Waals surface area (Å²) in [4.78, 5) is 23.9. The minimum Gasteiger partial charge on any atom is -0.481 e. The first-order chi connectivity index (χ1) is 9.06. The number of nitrogens with two attached hydrogens (primary N) is 1. The molecule has 3 unspecified atom stereocenters. The van der Waals surface area contributed by atoms with E-state index in [9.17, 15) is 22.8 Å². The van der Waals surface area contributed by atoms with E-state index >= 15 is 0 Å². The fraction of sp³-hybridized carbons (Fsp3) is 0.833. The van der Waals surface area contributed by atoms with Crippen LogP contribution in [-0.4, -0.2) is 47.2 Å². The van der Waals surface area contributed by atoms with Crippen molar-refractivity contribution >= 4 is 11.9 Å². The predicted octanol–water partition coefficient (Wildman–Crippen LogP) is 1.23. The van der Waals surface area contributed by atoms with Gasteiger partial charge in [-0.25, -0.2) is 0 Å². The highest BCUT2D eigenvalue weighted by Crippen LogP contribution is 2.45. The number of hydrogen-bond acceptors (Lipinski definition) is 3. The van der Waals surface area contributed by atoms with E-state index in [1.54, 1.807) is 6.92 Å². The normalized spacial score (nSPS) is 26.4. The maximum Gasteiger partial charge on any atom is 0.406 e. The third kappa shape index (κ3) is 2.74. The zero-order valence-electron chi connectivity index (χ0n) is 11.4. The van der Waals surface area contributed by atoms with E-state index in [1.165, 1.54) is 0 Å². The van der Waals surface area contributed by atoms with E-state index < -0.39 is 42.5 Å². The predicted molar refractivity (Wildman–Crippen MR) is 64.8 cm³/mol. The molecule has 0 aromatic carbocycles. The third-order valence-corrected chi connectivity index (χ3v) is 4.08. The number of alkyl halides is 3. The molecule has 3 N–H and O–H groups in total. The van der Waals surface area contributed by atoms with E-state index in [0.29, 0.717) is 6.42 Å². The molecule has 1 saturated heterocycles. The smallest absolute Gasteiger partial charge is 0.406 e. The fourth-order valence-electron chi connectivity index (χ4n) is 2.23. The van der Waals surface area contributed by atoms with Gasteiger partial charge in [-0.1, -0.05) is 20.3 Å². The summed E-state index contributed by atoms with van der Waals surface area (Å²) in [5, 5.41) is 8.90. The molecular formula is C12H19F3N2O3. The summed E-state index contributed by atoms with van der Waals surface area (Å²) in [6.45, 7) is 2.44. The van der Waals surface area contributed by atoms with E-state index in [-0.39, 0.29) is 12.5 Å². The van der Waals surface area contributed by atoms with Crippen molar-refractivity contribution in [3.8, 4) is 0 Å². The van der Waals surface area contributed by atoms with Crippen molar-refractivity contribution < 1.29 is 27.9 Å². The highest BCUT2D eigenvalue weighted by atomic mass is 19.4. The Balaban J connectivity index is 2.90. The van der Waals surface area contributed by atoms with Crippen molar-refractivity contribution in [3.05, 3.63) is 0 Å². The van der Waals surface area contributed by atoms with Crippen LogP contribution < -0.4 is 5.73 Å². The van der Waals surface area contributed by atoms with Crippen LogP contribution in [0, 0.1) is 11.3 Å². The van der Waals surface area contributed by atoms with Gasteiger partial charge in [-0.2, -0.15) is 13.2 Å². The maximum absolute atomic E-state index is 13.0. The molecule has 0 aromatic heterocycles.